The molecule has 0 bridgehead atoms. The fourth-order valence-corrected chi connectivity index (χ4v) is 7.66. The molecule has 35 heavy (non-hydrogen) atoms. The van der Waals surface area contributed by atoms with Gasteiger partial charge in [0, 0.05) is 31.9 Å². The predicted octanol–water partition coefficient (Wildman–Crippen LogP) is 3.60. The largest absolute Gasteiger partial charge is 0.326 e. The second-order valence-corrected chi connectivity index (χ2v) is 13.2. The molecule has 2 aromatic carbocycles. The average molecular weight is 520 g/mol. The highest BCUT2D eigenvalue weighted by Crippen LogP contribution is 2.26. The van der Waals surface area contributed by atoms with Gasteiger partial charge in [-0.1, -0.05) is 30.5 Å². The number of carbonyl (C=O) groups is 1. The Labute approximate surface area is 208 Å². The van der Waals surface area contributed by atoms with Gasteiger partial charge >= 0.3 is 0 Å². The number of hydrogen-bond donors (Lipinski definition) is 1. The van der Waals surface area contributed by atoms with Crippen LogP contribution < -0.4 is 5.32 Å². The molecule has 2 fully saturated rings. The van der Waals surface area contributed by atoms with Crippen molar-refractivity contribution < 1.29 is 21.6 Å². The number of carbonyl (C=O) groups excluding carboxylic acids is 1. The molecular weight excluding hydrogens is 486 g/mol. The Morgan fingerprint density at radius 1 is 0.743 bits per heavy atom. The number of nitrogens with zero attached hydrogens (tertiary/aromatic N) is 2. The van der Waals surface area contributed by atoms with Gasteiger partial charge in [-0.15, -0.1) is 0 Å². The molecule has 2 aromatic rings. The second kappa shape index (κ2) is 10.8. The Balaban J connectivity index is 1.40. The van der Waals surface area contributed by atoms with Crippen LogP contribution in [0.25, 0.3) is 0 Å². The van der Waals surface area contributed by atoms with E-state index in [1.165, 1.54) is 16.4 Å². The highest BCUT2D eigenvalue weighted by Gasteiger charge is 2.33. The fraction of sp³-hybridized carbons (Fsp3) is 0.480. The van der Waals surface area contributed by atoms with Gasteiger partial charge in [-0.3, -0.25) is 4.79 Å². The summed E-state index contributed by atoms with van der Waals surface area (Å²) in [7, 11) is -7.23. The monoisotopic (exact) mass is 519 g/mol. The van der Waals surface area contributed by atoms with Crippen molar-refractivity contribution in [2.45, 2.75) is 55.2 Å². The van der Waals surface area contributed by atoms with Crippen LogP contribution in [-0.4, -0.2) is 57.5 Å². The van der Waals surface area contributed by atoms with E-state index in [9.17, 15) is 21.6 Å². The molecule has 4 rings (SSSR count). The van der Waals surface area contributed by atoms with Crippen molar-refractivity contribution >= 4 is 31.6 Å². The molecule has 0 saturated carbocycles. The van der Waals surface area contributed by atoms with Crippen molar-refractivity contribution in [2.24, 2.45) is 5.92 Å². The molecule has 0 aliphatic carbocycles. The zero-order chi connectivity index (χ0) is 25.1. The summed E-state index contributed by atoms with van der Waals surface area (Å²) in [4.78, 5) is 13.4. The van der Waals surface area contributed by atoms with Crippen LogP contribution in [0.15, 0.2) is 58.3 Å². The zero-order valence-corrected chi connectivity index (χ0v) is 21.7. The van der Waals surface area contributed by atoms with Crippen molar-refractivity contribution in [3.63, 3.8) is 0 Å². The van der Waals surface area contributed by atoms with Gasteiger partial charge in [0.05, 0.1) is 15.7 Å². The number of aryl methyl sites for hydroxylation is 1. The van der Waals surface area contributed by atoms with E-state index in [1.807, 2.05) is 6.92 Å². The maximum Gasteiger partial charge on any atom is 0.243 e. The molecule has 0 radical (unpaired) electrons. The van der Waals surface area contributed by atoms with Crippen LogP contribution in [-0.2, 0) is 24.8 Å². The summed E-state index contributed by atoms with van der Waals surface area (Å²) in [6.07, 6.45) is 5.00. The van der Waals surface area contributed by atoms with Crippen molar-refractivity contribution in [2.75, 3.05) is 31.5 Å². The first-order chi connectivity index (χ1) is 16.7. The van der Waals surface area contributed by atoms with Crippen molar-refractivity contribution in [1.29, 1.82) is 0 Å². The molecule has 190 valence electrons. The number of rotatable bonds is 6. The molecule has 10 heteroatoms. The van der Waals surface area contributed by atoms with Gasteiger partial charge < -0.3 is 5.32 Å². The lowest BCUT2D eigenvalue weighted by Gasteiger charge is -2.31. The Morgan fingerprint density at radius 3 is 1.86 bits per heavy atom. The third-order valence-electron chi connectivity index (χ3n) is 6.74. The highest BCUT2D eigenvalue weighted by atomic mass is 32.2. The van der Waals surface area contributed by atoms with E-state index < -0.39 is 26.0 Å². The van der Waals surface area contributed by atoms with Gasteiger partial charge in [-0.25, -0.2) is 16.8 Å². The van der Waals surface area contributed by atoms with Crippen LogP contribution in [0.2, 0.25) is 0 Å². The van der Waals surface area contributed by atoms with Crippen LogP contribution in [0.3, 0.4) is 0 Å². The van der Waals surface area contributed by atoms with Crippen molar-refractivity contribution in [3.05, 3.63) is 54.1 Å². The number of hydrogen-bond acceptors (Lipinski definition) is 5. The maximum absolute atomic E-state index is 13.0. The normalized spacial score (nSPS) is 20.8. The number of sulfonamides is 2. The molecule has 0 unspecified atom stereocenters. The molecule has 1 atom stereocenters. The first kappa shape index (κ1) is 25.8. The van der Waals surface area contributed by atoms with Gasteiger partial charge in [-0.2, -0.15) is 8.61 Å². The number of anilines is 1. The minimum absolute atomic E-state index is 0.115. The first-order valence-corrected chi connectivity index (χ1v) is 15.0. The summed E-state index contributed by atoms with van der Waals surface area (Å²) in [5.41, 5.74) is 1.47. The number of benzene rings is 2. The van der Waals surface area contributed by atoms with Crippen molar-refractivity contribution in [1.82, 2.24) is 8.61 Å². The number of piperidine rings is 1. The summed E-state index contributed by atoms with van der Waals surface area (Å²) < 4.78 is 54.9. The Hall–Kier alpha value is -2.27. The molecule has 2 aliphatic rings. The third kappa shape index (κ3) is 5.94. The molecule has 1 amide bonds. The lowest BCUT2D eigenvalue weighted by atomic mass is 9.99. The molecule has 0 spiro atoms. The van der Waals surface area contributed by atoms with Crippen LogP contribution in [0.1, 0.15) is 44.1 Å². The van der Waals surface area contributed by atoms with E-state index in [-0.39, 0.29) is 22.2 Å². The summed E-state index contributed by atoms with van der Waals surface area (Å²) in [6.45, 7) is 3.45. The second-order valence-electron chi connectivity index (χ2n) is 9.35. The molecular formula is C25H33N3O5S2. The topological polar surface area (TPSA) is 104 Å². The quantitative estimate of drug-likeness (QED) is 0.628. The van der Waals surface area contributed by atoms with Gasteiger partial charge in [0.15, 0.2) is 0 Å². The SMILES string of the molecule is Cc1ccc(S(=O)(=O)N2CCC[C@@H](C(=O)Nc3ccc(S(=O)(=O)N4CCCCCC4)cc3)C2)cc1. The molecule has 1 N–H and O–H groups in total. The van der Waals surface area contributed by atoms with Crippen LogP contribution in [0.4, 0.5) is 5.69 Å². The maximum atomic E-state index is 13.0. The molecule has 2 aliphatic heterocycles. The summed E-state index contributed by atoms with van der Waals surface area (Å²) >= 11 is 0. The van der Waals surface area contributed by atoms with E-state index in [0.29, 0.717) is 38.2 Å². The van der Waals surface area contributed by atoms with Crippen LogP contribution >= 0.6 is 0 Å². The highest BCUT2D eigenvalue weighted by molar-refractivity contribution is 7.89. The molecule has 2 saturated heterocycles. The van der Waals surface area contributed by atoms with E-state index in [0.717, 1.165) is 31.2 Å². The Morgan fingerprint density at radius 2 is 1.26 bits per heavy atom. The zero-order valence-electron chi connectivity index (χ0n) is 20.0. The van der Waals surface area contributed by atoms with Gasteiger partial charge in [0.25, 0.3) is 0 Å². The van der Waals surface area contributed by atoms with Gasteiger partial charge in [-0.05, 0) is 69.0 Å². The summed E-state index contributed by atoms with van der Waals surface area (Å²) in [5.74, 6) is -0.749. The summed E-state index contributed by atoms with van der Waals surface area (Å²) in [5, 5.41) is 2.83. The van der Waals surface area contributed by atoms with Crippen molar-refractivity contribution in [3.8, 4) is 0 Å². The minimum atomic E-state index is -3.67. The number of amides is 1. The smallest absolute Gasteiger partial charge is 0.243 e. The number of nitrogens with one attached hydrogen (secondary N) is 1. The third-order valence-corrected chi connectivity index (χ3v) is 10.5. The Kier molecular flexibility index (Phi) is 7.95. The molecule has 0 aromatic heterocycles. The lowest BCUT2D eigenvalue weighted by molar-refractivity contribution is -0.120. The fourth-order valence-electron chi connectivity index (χ4n) is 4.62. The lowest BCUT2D eigenvalue weighted by Crippen LogP contribution is -2.43. The van der Waals surface area contributed by atoms with Crippen LogP contribution in [0.5, 0.6) is 0 Å². The first-order valence-electron chi connectivity index (χ1n) is 12.2. The average Bonchev–Trinajstić information content (AvgIpc) is 3.15. The molecule has 8 nitrogen and oxygen atoms in total. The van der Waals surface area contributed by atoms with Gasteiger partial charge in [0.2, 0.25) is 26.0 Å². The Bertz CT molecular complexity index is 1240. The summed E-state index contributed by atoms with van der Waals surface area (Å²) in [6, 6.07) is 12.9. The van der Waals surface area contributed by atoms with E-state index in [2.05, 4.69) is 5.32 Å². The van der Waals surface area contributed by atoms with E-state index >= 15 is 0 Å². The van der Waals surface area contributed by atoms with E-state index in [1.54, 1.807) is 40.7 Å². The standard InChI is InChI=1S/C25H33N3O5S2/c1-20-8-12-23(13-9-20)35(32,33)28-18-6-7-21(19-28)25(29)26-22-10-14-24(15-11-22)34(30,31)27-16-4-2-3-5-17-27/h8-15,21H,2-7,16-19H2,1H3,(H,26,29)/t21-/m1/s1. The predicted molar refractivity (Wildman–Crippen MR) is 135 cm³/mol. The van der Waals surface area contributed by atoms with Crippen LogP contribution in [0, 0.1) is 12.8 Å². The van der Waals surface area contributed by atoms with Gasteiger partial charge in [0.1, 0.15) is 0 Å². The molecule has 2 heterocycles. The minimum Gasteiger partial charge on any atom is -0.326 e. The van der Waals surface area contributed by atoms with E-state index in [4.69, 9.17) is 0 Å².